The normalized spacial score (nSPS) is 14.7. The van der Waals surface area contributed by atoms with E-state index in [0.717, 1.165) is 12.8 Å². The molecule has 0 saturated carbocycles. The van der Waals surface area contributed by atoms with Crippen LogP contribution in [-0.2, 0) is 19.6 Å². The number of amides is 1. The average Bonchev–Trinajstić information content (AvgIpc) is 3.23. The van der Waals surface area contributed by atoms with Gasteiger partial charge in [-0.15, -0.1) is 0 Å². The lowest BCUT2D eigenvalue weighted by Crippen LogP contribution is -2.28. The van der Waals surface area contributed by atoms with E-state index in [9.17, 15) is 18.0 Å². The second-order valence-corrected chi connectivity index (χ2v) is 7.92. The number of benzene rings is 1. The molecule has 1 aliphatic rings. The molecule has 3 rings (SSSR count). The number of carbonyl (C=O) groups is 2. The molecule has 27 heavy (non-hydrogen) atoms. The first-order valence-corrected chi connectivity index (χ1v) is 9.89. The fourth-order valence-corrected chi connectivity index (χ4v) is 4.26. The van der Waals surface area contributed by atoms with Crippen molar-refractivity contribution in [1.82, 2.24) is 9.29 Å². The summed E-state index contributed by atoms with van der Waals surface area (Å²) in [4.78, 5) is 27.7. The molecule has 1 saturated heterocycles. The van der Waals surface area contributed by atoms with Gasteiger partial charge in [-0.3, -0.25) is 4.79 Å². The zero-order valence-electron chi connectivity index (χ0n) is 14.5. The summed E-state index contributed by atoms with van der Waals surface area (Å²) in [6, 6.07) is 10.8. The molecule has 1 aromatic heterocycles. The summed E-state index contributed by atoms with van der Waals surface area (Å²) in [6.07, 6.45) is 3.14. The standard InChI is InChI=1S/C18H19N3O5S/c22-17(13-26-18(23)16-8-1-2-9-19-16)20-14-6-5-7-15(12-14)27(24,25)21-10-3-4-11-21/h1-2,5-9,12H,3-4,10-11,13H2,(H,20,22). The Bertz CT molecular complexity index is 925. The van der Waals surface area contributed by atoms with E-state index in [2.05, 4.69) is 10.3 Å². The molecule has 0 bridgehead atoms. The molecule has 0 spiro atoms. The third kappa shape index (κ3) is 4.69. The SMILES string of the molecule is O=C(COC(=O)c1ccccn1)Nc1cccc(S(=O)(=O)N2CCCC2)c1. The van der Waals surface area contributed by atoms with E-state index in [0.29, 0.717) is 18.8 Å². The molecule has 2 aromatic rings. The van der Waals surface area contributed by atoms with Gasteiger partial charge in [-0.1, -0.05) is 12.1 Å². The summed E-state index contributed by atoms with van der Waals surface area (Å²) >= 11 is 0. The maximum atomic E-state index is 12.6. The molecule has 0 radical (unpaired) electrons. The second kappa shape index (κ2) is 8.28. The molecule has 1 fully saturated rings. The number of carbonyl (C=O) groups excluding carboxylic acids is 2. The predicted molar refractivity (Wildman–Crippen MR) is 97.6 cm³/mol. The van der Waals surface area contributed by atoms with Crippen LogP contribution < -0.4 is 5.32 Å². The lowest BCUT2D eigenvalue weighted by molar-refractivity contribution is -0.119. The highest BCUT2D eigenvalue weighted by atomic mass is 32.2. The number of hydrogen-bond acceptors (Lipinski definition) is 6. The first-order valence-electron chi connectivity index (χ1n) is 8.45. The van der Waals surface area contributed by atoms with E-state index in [1.807, 2.05) is 0 Å². The van der Waals surface area contributed by atoms with Crippen LogP contribution in [0.25, 0.3) is 0 Å². The molecule has 0 atom stereocenters. The van der Waals surface area contributed by atoms with Crippen molar-refractivity contribution >= 4 is 27.6 Å². The van der Waals surface area contributed by atoms with Gasteiger partial charge in [-0.25, -0.2) is 18.2 Å². The molecular formula is C18H19N3O5S. The summed E-state index contributed by atoms with van der Waals surface area (Å²) in [6.45, 7) is 0.503. The van der Waals surface area contributed by atoms with Crippen LogP contribution in [0.5, 0.6) is 0 Å². The lowest BCUT2D eigenvalue weighted by Gasteiger charge is -2.16. The molecule has 8 nitrogen and oxygen atoms in total. The minimum atomic E-state index is -3.57. The van der Waals surface area contributed by atoms with Gasteiger partial charge in [0, 0.05) is 25.0 Å². The first-order chi connectivity index (χ1) is 13.0. The van der Waals surface area contributed by atoms with E-state index >= 15 is 0 Å². The molecule has 0 unspecified atom stereocenters. The van der Waals surface area contributed by atoms with Gasteiger partial charge >= 0.3 is 5.97 Å². The first kappa shape index (κ1) is 19.0. The Hall–Kier alpha value is -2.78. The number of nitrogens with one attached hydrogen (secondary N) is 1. The average molecular weight is 389 g/mol. The lowest BCUT2D eigenvalue weighted by atomic mass is 10.3. The number of rotatable bonds is 6. The predicted octanol–water partition coefficient (Wildman–Crippen LogP) is 1.66. The number of nitrogens with zero attached hydrogens (tertiary/aromatic N) is 2. The molecule has 1 aromatic carbocycles. The summed E-state index contributed by atoms with van der Waals surface area (Å²) in [5, 5.41) is 2.53. The highest BCUT2D eigenvalue weighted by Crippen LogP contribution is 2.23. The zero-order chi connectivity index (χ0) is 19.3. The minimum Gasteiger partial charge on any atom is -0.451 e. The Morgan fingerprint density at radius 3 is 2.59 bits per heavy atom. The molecule has 1 amide bonds. The Morgan fingerprint density at radius 2 is 1.89 bits per heavy atom. The Kier molecular flexibility index (Phi) is 5.82. The molecule has 142 valence electrons. The van der Waals surface area contributed by atoms with Gasteiger partial charge in [0.25, 0.3) is 5.91 Å². The van der Waals surface area contributed by atoms with Crippen LogP contribution in [0.2, 0.25) is 0 Å². The third-order valence-electron chi connectivity index (χ3n) is 4.03. The summed E-state index contributed by atoms with van der Waals surface area (Å²) < 4.78 is 31.5. The fraction of sp³-hybridized carbons (Fsp3) is 0.278. The molecule has 1 N–H and O–H groups in total. The third-order valence-corrected chi connectivity index (χ3v) is 5.92. The topological polar surface area (TPSA) is 106 Å². The Labute approximate surface area is 157 Å². The molecule has 9 heteroatoms. The largest absolute Gasteiger partial charge is 0.451 e. The van der Waals surface area contributed by atoms with Crippen molar-refractivity contribution in [3.05, 3.63) is 54.4 Å². The number of pyridine rings is 1. The number of sulfonamides is 1. The van der Waals surface area contributed by atoms with Crippen LogP contribution >= 0.6 is 0 Å². The second-order valence-electron chi connectivity index (χ2n) is 5.98. The van der Waals surface area contributed by atoms with Gasteiger partial charge in [-0.2, -0.15) is 4.31 Å². The van der Waals surface area contributed by atoms with E-state index in [4.69, 9.17) is 4.74 Å². The quantitative estimate of drug-likeness (QED) is 0.753. The summed E-state index contributed by atoms with van der Waals surface area (Å²) in [5.41, 5.74) is 0.415. The molecule has 1 aliphatic heterocycles. The maximum absolute atomic E-state index is 12.6. The van der Waals surface area contributed by atoms with Crippen LogP contribution in [0.3, 0.4) is 0 Å². The fourth-order valence-electron chi connectivity index (χ4n) is 2.70. The highest BCUT2D eigenvalue weighted by molar-refractivity contribution is 7.89. The van der Waals surface area contributed by atoms with Gasteiger partial charge < -0.3 is 10.1 Å². The van der Waals surface area contributed by atoms with Crippen LogP contribution in [0, 0.1) is 0 Å². The monoisotopic (exact) mass is 389 g/mol. The Balaban J connectivity index is 1.61. The Morgan fingerprint density at radius 1 is 1.11 bits per heavy atom. The zero-order valence-corrected chi connectivity index (χ0v) is 15.3. The van der Waals surface area contributed by atoms with Crippen LogP contribution in [-0.4, -0.2) is 49.3 Å². The number of hydrogen-bond donors (Lipinski definition) is 1. The molecular weight excluding hydrogens is 370 g/mol. The minimum absolute atomic E-state index is 0.101. The maximum Gasteiger partial charge on any atom is 0.357 e. The van der Waals surface area contributed by atoms with Gasteiger partial charge in [0.2, 0.25) is 10.0 Å². The van der Waals surface area contributed by atoms with E-state index in [1.165, 1.54) is 28.7 Å². The van der Waals surface area contributed by atoms with Crippen molar-refractivity contribution in [2.45, 2.75) is 17.7 Å². The molecule has 0 aliphatic carbocycles. The van der Waals surface area contributed by atoms with Crippen molar-refractivity contribution in [3.8, 4) is 0 Å². The number of esters is 1. The van der Waals surface area contributed by atoms with E-state index in [1.54, 1.807) is 24.3 Å². The van der Waals surface area contributed by atoms with Crippen LogP contribution in [0.1, 0.15) is 23.3 Å². The van der Waals surface area contributed by atoms with E-state index < -0.39 is 28.5 Å². The smallest absolute Gasteiger partial charge is 0.357 e. The van der Waals surface area contributed by atoms with Crippen LogP contribution in [0.4, 0.5) is 5.69 Å². The van der Waals surface area contributed by atoms with Crippen molar-refractivity contribution in [3.63, 3.8) is 0 Å². The van der Waals surface area contributed by atoms with Gasteiger partial charge in [0.05, 0.1) is 4.90 Å². The van der Waals surface area contributed by atoms with Crippen molar-refractivity contribution < 1.29 is 22.7 Å². The summed E-state index contributed by atoms with van der Waals surface area (Å²) in [7, 11) is -3.57. The number of ether oxygens (including phenoxy) is 1. The number of anilines is 1. The van der Waals surface area contributed by atoms with Gasteiger partial charge in [0.15, 0.2) is 6.61 Å². The van der Waals surface area contributed by atoms with Crippen molar-refractivity contribution in [2.75, 3.05) is 25.0 Å². The number of aromatic nitrogens is 1. The van der Waals surface area contributed by atoms with Crippen molar-refractivity contribution in [2.24, 2.45) is 0 Å². The van der Waals surface area contributed by atoms with E-state index in [-0.39, 0.29) is 10.6 Å². The molecule has 2 heterocycles. The highest BCUT2D eigenvalue weighted by Gasteiger charge is 2.27. The van der Waals surface area contributed by atoms with Gasteiger partial charge in [0.1, 0.15) is 5.69 Å². The van der Waals surface area contributed by atoms with Crippen molar-refractivity contribution in [1.29, 1.82) is 0 Å². The van der Waals surface area contributed by atoms with Gasteiger partial charge in [-0.05, 0) is 43.2 Å². The van der Waals surface area contributed by atoms with Crippen LogP contribution in [0.15, 0.2) is 53.6 Å². The summed E-state index contributed by atoms with van der Waals surface area (Å²) in [5.74, 6) is -1.29.